The number of rotatable bonds is 4. The zero-order chi connectivity index (χ0) is 14.0. The normalized spacial score (nSPS) is 21.3. The summed E-state index contributed by atoms with van der Waals surface area (Å²) in [6.45, 7) is 4.23. The molecule has 1 unspecified atom stereocenters. The number of aryl methyl sites for hydroxylation is 1. The Hall–Kier alpha value is -1.36. The van der Waals surface area contributed by atoms with E-state index in [0.29, 0.717) is 24.3 Å². The van der Waals surface area contributed by atoms with Gasteiger partial charge in [-0.15, -0.1) is 0 Å². The highest BCUT2D eigenvalue weighted by Gasteiger charge is 2.34. The Kier molecular flexibility index (Phi) is 3.94. The molecule has 5 heteroatoms. The van der Waals surface area contributed by atoms with Gasteiger partial charge >= 0.3 is 0 Å². The van der Waals surface area contributed by atoms with E-state index in [4.69, 9.17) is 4.74 Å². The van der Waals surface area contributed by atoms with E-state index in [1.165, 1.54) is 0 Å². The number of hydrogen-bond acceptors (Lipinski definition) is 4. The molecule has 1 aliphatic rings. The molecule has 0 aliphatic carbocycles. The maximum atomic E-state index is 12.4. The molecule has 104 valence electrons. The molecule has 1 fully saturated rings. The monoisotopic (exact) mass is 282 g/mol. The van der Waals surface area contributed by atoms with Gasteiger partial charge in [0.15, 0.2) is 15.6 Å². The first-order valence-electron chi connectivity index (χ1n) is 6.41. The van der Waals surface area contributed by atoms with Gasteiger partial charge in [-0.2, -0.15) is 0 Å². The Morgan fingerprint density at radius 2 is 2.16 bits per heavy atom. The molecule has 1 atom stereocenters. The molecule has 1 saturated heterocycles. The average Bonchev–Trinajstić information content (AvgIpc) is 2.71. The van der Waals surface area contributed by atoms with Gasteiger partial charge in [0.2, 0.25) is 0 Å². The molecule has 1 aromatic rings. The van der Waals surface area contributed by atoms with E-state index in [0.717, 1.165) is 5.56 Å². The van der Waals surface area contributed by atoms with E-state index < -0.39 is 15.8 Å². The number of benzene rings is 1. The van der Waals surface area contributed by atoms with Crippen LogP contribution >= 0.6 is 0 Å². The van der Waals surface area contributed by atoms with Crippen LogP contribution < -0.4 is 4.74 Å². The van der Waals surface area contributed by atoms with Crippen LogP contribution in [-0.4, -0.2) is 32.3 Å². The predicted octanol–water partition coefficient (Wildman–Crippen LogP) is 2.01. The lowest BCUT2D eigenvalue weighted by molar-refractivity contribution is 0.0929. The zero-order valence-electron chi connectivity index (χ0n) is 11.2. The molecule has 0 N–H and O–H groups in total. The van der Waals surface area contributed by atoms with Crippen LogP contribution in [0.15, 0.2) is 18.2 Å². The highest BCUT2D eigenvalue weighted by molar-refractivity contribution is 7.91. The van der Waals surface area contributed by atoms with Crippen molar-refractivity contribution in [3.8, 4) is 5.75 Å². The second-order valence-corrected chi connectivity index (χ2v) is 7.13. The van der Waals surface area contributed by atoms with Crippen LogP contribution in [0.25, 0.3) is 0 Å². The summed E-state index contributed by atoms with van der Waals surface area (Å²) in [4.78, 5) is 12.4. The molecule has 0 aromatic heterocycles. The van der Waals surface area contributed by atoms with Gasteiger partial charge in [-0.1, -0.05) is 11.6 Å². The van der Waals surface area contributed by atoms with Crippen molar-refractivity contribution in [3.63, 3.8) is 0 Å². The van der Waals surface area contributed by atoms with E-state index in [9.17, 15) is 13.2 Å². The van der Waals surface area contributed by atoms with Crippen molar-refractivity contribution in [3.05, 3.63) is 29.3 Å². The van der Waals surface area contributed by atoms with Crippen LogP contribution in [0.1, 0.15) is 29.3 Å². The van der Waals surface area contributed by atoms with Crippen molar-refractivity contribution >= 4 is 15.6 Å². The lowest BCUT2D eigenvalue weighted by Gasteiger charge is -2.13. The fraction of sp³-hybridized carbons (Fsp3) is 0.500. The standard InChI is InChI=1S/C14H18O4S/c1-3-18-13-5-4-10(2)8-12(13)14(15)11-6-7-19(16,17)9-11/h4-5,8,11H,3,6-7,9H2,1-2H3. The molecule has 1 aliphatic heterocycles. The first kappa shape index (κ1) is 14.1. The average molecular weight is 282 g/mol. The number of ketones is 1. The lowest BCUT2D eigenvalue weighted by Crippen LogP contribution is -2.17. The third-order valence-corrected chi connectivity index (χ3v) is 5.07. The predicted molar refractivity (Wildman–Crippen MR) is 73.4 cm³/mol. The third kappa shape index (κ3) is 3.15. The number of hydrogen-bond donors (Lipinski definition) is 0. The smallest absolute Gasteiger partial charge is 0.170 e. The molecule has 1 heterocycles. The summed E-state index contributed by atoms with van der Waals surface area (Å²) in [5, 5.41) is 0. The molecule has 2 rings (SSSR count). The van der Waals surface area contributed by atoms with Crippen molar-refractivity contribution in [2.45, 2.75) is 20.3 Å². The number of carbonyl (C=O) groups excluding carboxylic acids is 1. The van der Waals surface area contributed by atoms with Gasteiger partial charge in [0.05, 0.1) is 23.7 Å². The summed E-state index contributed by atoms with van der Waals surface area (Å²) in [6, 6.07) is 5.43. The second-order valence-electron chi connectivity index (χ2n) is 4.90. The van der Waals surface area contributed by atoms with E-state index in [2.05, 4.69) is 0 Å². The van der Waals surface area contributed by atoms with E-state index in [1.807, 2.05) is 19.9 Å². The summed E-state index contributed by atoms with van der Waals surface area (Å²) in [5.74, 6) is 0.0754. The van der Waals surface area contributed by atoms with Gasteiger partial charge in [-0.3, -0.25) is 4.79 Å². The molecular weight excluding hydrogens is 264 g/mol. The van der Waals surface area contributed by atoms with E-state index >= 15 is 0 Å². The van der Waals surface area contributed by atoms with Crippen molar-refractivity contribution in [2.75, 3.05) is 18.1 Å². The first-order valence-corrected chi connectivity index (χ1v) is 8.23. The molecule has 4 nitrogen and oxygen atoms in total. The largest absolute Gasteiger partial charge is 0.493 e. The molecule has 0 bridgehead atoms. The number of carbonyl (C=O) groups is 1. The number of Topliss-reactive ketones (excluding diaryl/α,β-unsaturated/α-hetero) is 1. The van der Waals surface area contributed by atoms with E-state index in [1.54, 1.807) is 12.1 Å². The minimum absolute atomic E-state index is 0.0364. The second kappa shape index (κ2) is 5.33. The van der Waals surface area contributed by atoms with Gasteiger partial charge in [0.25, 0.3) is 0 Å². The third-order valence-electron chi connectivity index (χ3n) is 3.30. The van der Waals surface area contributed by atoms with Crippen molar-refractivity contribution in [1.82, 2.24) is 0 Å². The topological polar surface area (TPSA) is 60.4 Å². The SMILES string of the molecule is CCOc1ccc(C)cc1C(=O)C1CCS(=O)(=O)C1. The van der Waals surface area contributed by atoms with E-state index in [-0.39, 0.29) is 17.3 Å². The van der Waals surface area contributed by atoms with Gasteiger partial charge < -0.3 is 4.74 Å². The highest BCUT2D eigenvalue weighted by atomic mass is 32.2. The molecule has 0 radical (unpaired) electrons. The summed E-state index contributed by atoms with van der Waals surface area (Å²) < 4.78 is 28.4. The quantitative estimate of drug-likeness (QED) is 0.793. The summed E-state index contributed by atoms with van der Waals surface area (Å²) in [7, 11) is -3.05. The number of ether oxygens (including phenoxy) is 1. The summed E-state index contributed by atoms with van der Waals surface area (Å²) in [5.41, 5.74) is 1.47. The maximum Gasteiger partial charge on any atom is 0.170 e. The zero-order valence-corrected chi connectivity index (χ0v) is 12.0. The fourth-order valence-corrected chi connectivity index (χ4v) is 4.08. The lowest BCUT2D eigenvalue weighted by atomic mass is 9.95. The minimum atomic E-state index is -3.05. The Bertz CT molecular complexity index is 589. The molecule has 0 spiro atoms. The summed E-state index contributed by atoms with van der Waals surface area (Å²) >= 11 is 0. The van der Waals surface area contributed by atoms with Crippen molar-refractivity contribution in [1.29, 1.82) is 0 Å². The first-order chi connectivity index (χ1) is 8.93. The van der Waals surface area contributed by atoms with Crippen LogP contribution in [0.4, 0.5) is 0 Å². The Labute approximate surface area is 113 Å². The maximum absolute atomic E-state index is 12.4. The van der Waals surface area contributed by atoms with Crippen molar-refractivity contribution in [2.24, 2.45) is 5.92 Å². The fourth-order valence-electron chi connectivity index (χ4n) is 2.34. The van der Waals surface area contributed by atoms with Crippen LogP contribution in [0, 0.1) is 12.8 Å². The Morgan fingerprint density at radius 1 is 1.42 bits per heavy atom. The molecule has 0 amide bonds. The van der Waals surface area contributed by atoms with Crippen LogP contribution in [0.5, 0.6) is 5.75 Å². The van der Waals surface area contributed by atoms with Gasteiger partial charge in [0.1, 0.15) is 5.75 Å². The summed E-state index contributed by atoms with van der Waals surface area (Å²) in [6.07, 6.45) is 0.417. The van der Waals surface area contributed by atoms with Gasteiger partial charge in [-0.25, -0.2) is 8.42 Å². The molecular formula is C14H18O4S. The Balaban J connectivity index is 2.30. The van der Waals surface area contributed by atoms with Crippen LogP contribution in [0.3, 0.4) is 0 Å². The minimum Gasteiger partial charge on any atom is -0.493 e. The molecule has 0 saturated carbocycles. The van der Waals surface area contributed by atoms with Gasteiger partial charge in [-0.05, 0) is 32.4 Å². The highest BCUT2D eigenvalue weighted by Crippen LogP contribution is 2.28. The molecule has 19 heavy (non-hydrogen) atoms. The number of sulfone groups is 1. The van der Waals surface area contributed by atoms with Crippen LogP contribution in [0.2, 0.25) is 0 Å². The van der Waals surface area contributed by atoms with Crippen molar-refractivity contribution < 1.29 is 17.9 Å². The Morgan fingerprint density at radius 3 is 2.74 bits per heavy atom. The van der Waals surface area contributed by atoms with Crippen LogP contribution in [-0.2, 0) is 9.84 Å². The molecule has 1 aromatic carbocycles. The van der Waals surface area contributed by atoms with Gasteiger partial charge in [0, 0.05) is 5.92 Å².